The molecule has 0 aliphatic carbocycles. The molecule has 1 amide bonds. The SMILES string of the molecule is CN=C(NCCNC(=O)c1cnccn1)N1CCCC1. The Hall–Kier alpha value is -2.18. The Morgan fingerprint density at radius 3 is 2.70 bits per heavy atom. The van der Waals surface area contributed by atoms with Crippen molar-refractivity contribution >= 4 is 11.9 Å². The summed E-state index contributed by atoms with van der Waals surface area (Å²) in [7, 11) is 1.78. The Morgan fingerprint density at radius 1 is 1.30 bits per heavy atom. The highest BCUT2D eigenvalue weighted by Gasteiger charge is 2.15. The van der Waals surface area contributed by atoms with Gasteiger partial charge in [0.2, 0.25) is 0 Å². The molecule has 1 aromatic rings. The highest BCUT2D eigenvalue weighted by molar-refractivity contribution is 5.91. The lowest BCUT2D eigenvalue weighted by Gasteiger charge is -2.20. The molecule has 0 bridgehead atoms. The fourth-order valence-corrected chi connectivity index (χ4v) is 2.12. The first-order valence-electron chi connectivity index (χ1n) is 6.81. The summed E-state index contributed by atoms with van der Waals surface area (Å²) in [5.41, 5.74) is 0.330. The van der Waals surface area contributed by atoms with E-state index in [1.54, 1.807) is 13.2 Å². The molecule has 1 aliphatic rings. The van der Waals surface area contributed by atoms with Crippen LogP contribution < -0.4 is 10.6 Å². The van der Waals surface area contributed by atoms with Crippen molar-refractivity contribution in [2.24, 2.45) is 4.99 Å². The van der Waals surface area contributed by atoms with Gasteiger partial charge in [-0.2, -0.15) is 0 Å². The first-order valence-corrected chi connectivity index (χ1v) is 6.81. The molecule has 20 heavy (non-hydrogen) atoms. The van der Waals surface area contributed by atoms with Gasteiger partial charge in [-0.05, 0) is 12.8 Å². The van der Waals surface area contributed by atoms with Gasteiger partial charge >= 0.3 is 0 Å². The van der Waals surface area contributed by atoms with E-state index in [9.17, 15) is 4.79 Å². The predicted molar refractivity (Wildman–Crippen MR) is 76.5 cm³/mol. The second kappa shape index (κ2) is 7.42. The molecule has 2 heterocycles. The van der Waals surface area contributed by atoms with Crippen LogP contribution in [0.15, 0.2) is 23.6 Å². The van der Waals surface area contributed by atoms with Gasteiger partial charge in [-0.25, -0.2) is 4.98 Å². The number of hydrogen-bond acceptors (Lipinski definition) is 4. The monoisotopic (exact) mass is 276 g/mol. The van der Waals surface area contributed by atoms with E-state index >= 15 is 0 Å². The maximum absolute atomic E-state index is 11.7. The van der Waals surface area contributed by atoms with Gasteiger partial charge in [-0.3, -0.25) is 14.8 Å². The van der Waals surface area contributed by atoms with E-state index in [0.29, 0.717) is 18.8 Å². The molecule has 0 unspecified atom stereocenters. The van der Waals surface area contributed by atoms with Crippen molar-refractivity contribution in [1.29, 1.82) is 0 Å². The minimum atomic E-state index is -0.212. The maximum Gasteiger partial charge on any atom is 0.271 e. The Balaban J connectivity index is 1.69. The molecule has 1 aromatic heterocycles. The summed E-state index contributed by atoms with van der Waals surface area (Å²) < 4.78 is 0. The zero-order valence-electron chi connectivity index (χ0n) is 11.7. The molecule has 0 spiro atoms. The van der Waals surface area contributed by atoms with Gasteiger partial charge in [0.1, 0.15) is 5.69 Å². The summed E-state index contributed by atoms with van der Waals surface area (Å²) in [6.45, 7) is 3.24. The number of amides is 1. The third-order valence-electron chi connectivity index (χ3n) is 3.11. The molecule has 1 fully saturated rings. The van der Waals surface area contributed by atoms with E-state index in [1.165, 1.54) is 25.2 Å². The van der Waals surface area contributed by atoms with Gasteiger partial charge in [0.05, 0.1) is 6.20 Å². The lowest BCUT2D eigenvalue weighted by molar-refractivity contribution is 0.0949. The predicted octanol–water partition coefficient (Wildman–Crippen LogP) is -0.122. The number of rotatable bonds is 4. The number of carbonyl (C=O) groups is 1. The normalized spacial score (nSPS) is 15.2. The molecule has 108 valence electrons. The third-order valence-corrected chi connectivity index (χ3v) is 3.11. The molecule has 0 saturated carbocycles. The molecule has 0 aromatic carbocycles. The van der Waals surface area contributed by atoms with Crippen LogP contribution >= 0.6 is 0 Å². The summed E-state index contributed by atoms with van der Waals surface area (Å²) in [6, 6.07) is 0. The average molecular weight is 276 g/mol. The van der Waals surface area contributed by atoms with Crippen molar-refractivity contribution in [3.05, 3.63) is 24.3 Å². The van der Waals surface area contributed by atoms with Gasteiger partial charge < -0.3 is 15.5 Å². The van der Waals surface area contributed by atoms with Crippen molar-refractivity contribution in [3.8, 4) is 0 Å². The standard InChI is InChI=1S/C13H20N6O/c1-14-13(19-8-2-3-9-19)18-7-6-17-12(20)11-10-15-4-5-16-11/h4-5,10H,2-3,6-9H2,1H3,(H,14,18)(H,17,20). The van der Waals surface area contributed by atoms with Crippen LogP contribution in [-0.4, -0.2) is 60.0 Å². The van der Waals surface area contributed by atoms with Crippen LogP contribution in [0.4, 0.5) is 0 Å². The van der Waals surface area contributed by atoms with E-state index in [1.807, 2.05) is 0 Å². The minimum absolute atomic E-state index is 0.212. The summed E-state index contributed by atoms with van der Waals surface area (Å²) >= 11 is 0. The summed E-state index contributed by atoms with van der Waals surface area (Å²) in [6.07, 6.45) is 6.92. The van der Waals surface area contributed by atoms with E-state index in [0.717, 1.165) is 19.0 Å². The summed E-state index contributed by atoms with van der Waals surface area (Å²) in [5.74, 6) is 0.687. The van der Waals surface area contributed by atoms with Crippen LogP contribution in [-0.2, 0) is 0 Å². The lowest BCUT2D eigenvalue weighted by Crippen LogP contribution is -2.43. The van der Waals surface area contributed by atoms with Crippen molar-refractivity contribution in [2.75, 3.05) is 33.2 Å². The zero-order valence-corrected chi connectivity index (χ0v) is 11.7. The number of likely N-dealkylation sites (tertiary alicyclic amines) is 1. The third kappa shape index (κ3) is 3.91. The largest absolute Gasteiger partial charge is 0.354 e. The molecule has 0 radical (unpaired) electrons. The van der Waals surface area contributed by atoms with Crippen molar-refractivity contribution in [1.82, 2.24) is 25.5 Å². The molecular formula is C13H20N6O. The van der Waals surface area contributed by atoms with Gasteiger partial charge in [0.15, 0.2) is 5.96 Å². The summed E-state index contributed by atoms with van der Waals surface area (Å²) in [5, 5.41) is 6.03. The van der Waals surface area contributed by atoms with E-state index < -0.39 is 0 Å². The molecule has 7 heteroatoms. The van der Waals surface area contributed by atoms with Crippen LogP contribution in [0.5, 0.6) is 0 Å². The minimum Gasteiger partial charge on any atom is -0.354 e. The highest BCUT2D eigenvalue weighted by atomic mass is 16.1. The fraction of sp³-hybridized carbons (Fsp3) is 0.538. The van der Waals surface area contributed by atoms with Crippen molar-refractivity contribution in [2.45, 2.75) is 12.8 Å². The van der Waals surface area contributed by atoms with Crippen LogP contribution in [0.1, 0.15) is 23.3 Å². The molecule has 1 saturated heterocycles. The average Bonchev–Trinajstić information content (AvgIpc) is 3.02. The number of carbonyl (C=O) groups excluding carboxylic acids is 1. The number of nitrogens with zero attached hydrogens (tertiary/aromatic N) is 4. The lowest BCUT2D eigenvalue weighted by atomic mass is 10.4. The number of aromatic nitrogens is 2. The first-order chi connectivity index (χ1) is 9.81. The summed E-state index contributed by atoms with van der Waals surface area (Å²) in [4.78, 5) is 26.0. The molecule has 1 aliphatic heterocycles. The number of guanidine groups is 1. The second-order valence-electron chi connectivity index (χ2n) is 4.51. The molecule has 7 nitrogen and oxygen atoms in total. The van der Waals surface area contributed by atoms with E-state index in [-0.39, 0.29) is 5.91 Å². The Bertz CT molecular complexity index is 455. The molecule has 0 atom stereocenters. The van der Waals surface area contributed by atoms with Crippen LogP contribution in [0.2, 0.25) is 0 Å². The topological polar surface area (TPSA) is 82.5 Å². The molecular weight excluding hydrogens is 256 g/mol. The van der Waals surface area contributed by atoms with Crippen LogP contribution in [0.3, 0.4) is 0 Å². The Kier molecular flexibility index (Phi) is 5.28. The Morgan fingerprint density at radius 2 is 2.05 bits per heavy atom. The zero-order chi connectivity index (χ0) is 14.2. The number of nitrogens with one attached hydrogen (secondary N) is 2. The maximum atomic E-state index is 11.7. The van der Waals surface area contributed by atoms with E-state index in [4.69, 9.17) is 0 Å². The van der Waals surface area contributed by atoms with Gasteiger partial charge in [0, 0.05) is 45.6 Å². The van der Waals surface area contributed by atoms with Gasteiger partial charge in [0.25, 0.3) is 5.91 Å². The quantitative estimate of drug-likeness (QED) is 0.455. The van der Waals surface area contributed by atoms with Crippen LogP contribution in [0, 0.1) is 0 Å². The van der Waals surface area contributed by atoms with Gasteiger partial charge in [-0.15, -0.1) is 0 Å². The Labute approximate surface area is 118 Å². The van der Waals surface area contributed by atoms with E-state index in [2.05, 4.69) is 30.5 Å². The van der Waals surface area contributed by atoms with Crippen LogP contribution in [0.25, 0.3) is 0 Å². The highest BCUT2D eigenvalue weighted by Crippen LogP contribution is 2.06. The molecule has 2 N–H and O–H groups in total. The van der Waals surface area contributed by atoms with Gasteiger partial charge in [-0.1, -0.05) is 0 Å². The number of hydrogen-bond donors (Lipinski definition) is 2. The smallest absolute Gasteiger partial charge is 0.271 e. The van der Waals surface area contributed by atoms with Crippen molar-refractivity contribution < 1.29 is 4.79 Å². The number of aliphatic imine (C=N–C) groups is 1. The second-order valence-corrected chi connectivity index (χ2v) is 4.51. The fourth-order valence-electron chi connectivity index (χ4n) is 2.12. The first kappa shape index (κ1) is 14.2. The molecule has 2 rings (SSSR count). The van der Waals surface area contributed by atoms with Crippen molar-refractivity contribution in [3.63, 3.8) is 0 Å².